The van der Waals surface area contributed by atoms with Gasteiger partial charge in [0.1, 0.15) is 0 Å². The van der Waals surface area contributed by atoms with Crippen molar-refractivity contribution >= 4 is 11.3 Å². The van der Waals surface area contributed by atoms with Gasteiger partial charge in [-0.05, 0) is 41.3 Å². The van der Waals surface area contributed by atoms with Crippen molar-refractivity contribution in [1.82, 2.24) is 10.2 Å². The van der Waals surface area contributed by atoms with Gasteiger partial charge < -0.3 is 10.2 Å². The Bertz CT molecular complexity index is 321. The van der Waals surface area contributed by atoms with Crippen molar-refractivity contribution in [3.63, 3.8) is 0 Å². The van der Waals surface area contributed by atoms with E-state index in [2.05, 4.69) is 61.8 Å². The average Bonchev–Trinajstić information content (AvgIpc) is 2.79. The number of thiophene rings is 1. The summed E-state index contributed by atoms with van der Waals surface area (Å²) in [6.45, 7) is 12.4. The molecule has 18 heavy (non-hydrogen) atoms. The van der Waals surface area contributed by atoms with Crippen LogP contribution in [0.5, 0.6) is 0 Å². The van der Waals surface area contributed by atoms with Crippen molar-refractivity contribution in [3.8, 4) is 0 Å². The quantitative estimate of drug-likeness (QED) is 0.775. The van der Waals surface area contributed by atoms with Crippen LogP contribution in [-0.4, -0.2) is 31.1 Å². The third kappa shape index (κ3) is 5.51. The van der Waals surface area contributed by atoms with Gasteiger partial charge in [-0.1, -0.05) is 27.7 Å². The lowest BCUT2D eigenvalue weighted by molar-refractivity contribution is 0.172. The summed E-state index contributed by atoms with van der Waals surface area (Å²) in [6, 6.07) is 2.79. The third-order valence-corrected chi connectivity index (χ3v) is 4.21. The maximum atomic E-state index is 3.58. The number of hydrogen-bond acceptors (Lipinski definition) is 3. The van der Waals surface area contributed by atoms with Crippen LogP contribution < -0.4 is 5.32 Å². The Balaban J connectivity index is 2.45. The standard InChI is InChI=1S/C15H28N2S/c1-6-15(4,11-16-13(2)3)12-17(5)9-14-7-8-18-10-14/h7-8,10,13,16H,6,9,11-12H2,1-5H3. The van der Waals surface area contributed by atoms with Gasteiger partial charge in [0.2, 0.25) is 0 Å². The lowest BCUT2D eigenvalue weighted by Gasteiger charge is -2.34. The summed E-state index contributed by atoms with van der Waals surface area (Å²) < 4.78 is 0. The largest absolute Gasteiger partial charge is 0.314 e. The molecule has 1 aromatic heterocycles. The molecule has 0 amide bonds. The Morgan fingerprint density at radius 3 is 2.67 bits per heavy atom. The van der Waals surface area contributed by atoms with E-state index in [-0.39, 0.29) is 0 Å². The van der Waals surface area contributed by atoms with E-state index in [4.69, 9.17) is 0 Å². The lowest BCUT2D eigenvalue weighted by atomic mass is 9.86. The maximum absolute atomic E-state index is 3.58. The summed E-state index contributed by atoms with van der Waals surface area (Å²) in [6.07, 6.45) is 1.21. The van der Waals surface area contributed by atoms with Crippen molar-refractivity contribution in [1.29, 1.82) is 0 Å². The molecule has 3 heteroatoms. The molecular formula is C15H28N2S. The molecule has 1 unspecified atom stereocenters. The zero-order valence-corrected chi connectivity index (χ0v) is 13.3. The van der Waals surface area contributed by atoms with E-state index in [0.29, 0.717) is 11.5 Å². The van der Waals surface area contributed by atoms with Crippen molar-refractivity contribution in [2.45, 2.75) is 46.7 Å². The predicted molar refractivity (Wildman–Crippen MR) is 82.2 cm³/mol. The Hall–Kier alpha value is -0.380. The Kier molecular flexibility index (Phi) is 6.33. The molecule has 2 nitrogen and oxygen atoms in total. The van der Waals surface area contributed by atoms with Crippen LogP contribution in [-0.2, 0) is 6.54 Å². The highest BCUT2D eigenvalue weighted by atomic mass is 32.1. The van der Waals surface area contributed by atoms with Gasteiger partial charge in [0, 0.05) is 25.7 Å². The summed E-state index contributed by atoms with van der Waals surface area (Å²) in [5.74, 6) is 0. The molecule has 0 radical (unpaired) electrons. The minimum atomic E-state index is 0.356. The second-order valence-electron chi connectivity index (χ2n) is 6.00. The minimum Gasteiger partial charge on any atom is -0.314 e. The fourth-order valence-corrected chi connectivity index (χ4v) is 2.80. The van der Waals surface area contributed by atoms with Crippen LogP contribution in [0.1, 0.15) is 39.7 Å². The fraction of sp³-hybridized carbons (Fsp3) is 0.733. The Morgan fingerprint density at radius 2 is 2.17 bits per heavy atom. The first-order valence-electron chi connectivity index (χ1n) is 6.88. The molecule has 0 aliphatic rings. The van der Waals surface area contributed by atoms with Gasteiger partial charge in [0.15, 0.2) is 0 Å². The Labute approximate surface area is 116 Å². The summed E-state index contributed by atoms with van der Waals surface area (Å²) >= 11 is 1.78. The van der Waals surface area contributed by atoms with Crippen LogP contribution in [0.2, 0.25) is 0 Å². The molecule has 104 valence electrons. The zero-order valence-electron chi connectivity index (χ0n) is 12.5. The topological polar surface area (TPSA) is 15.3 Å². The van der Waals surface area contributed by atoms with Gasteiger partial charge in [-0.3, -0.25) is 0 Å². The zero-order chi connectivity index (χ0) is 13.6. The summed E-state index contributed by atoms with van der Waals surface area (Å²) in [4.78, 5) is 2.44. The molecule has 1 aromatic rings. The van der Waals surface area contributed by atoms with Crippen LogP contribution >= 0.6 is 11.3 Å². The van der Waals surface area contributed by atoms with Gasteiger partial charge in [-0.15, -0.1) is 0 Å². The molecule has 0 saturated heterocycles. The van der Waals surface area contributed by atoms with Gasteiger partial charge in [0.05, 0.1) is 0 Å². The summed E-state index contributed by atoms with van der Waals surface area (Å²) in [7, 11) is 2.22. The van der Waals surface area contributed by atoms with Crippen molar-refractivity contribution < 1.29 is 0 Å². The van der Waals surface area contributed by atoms with Crippen LogP contribution in [0.25, 0.3) is 0 Å². The molecule has 0 saturated carbocycles. The third-order valence-electron chi connectivity index (χ3n) is 3.47. The first kappa shape index (κ1) is 15.7. The first-order valence-corrected chi connectivity index (χ1v) is 7.82. The molecule has 1 atom stereocenters. The van der Waals surface area contributed by atoms with Gasteiger partial charge in [-0.2, -0.15) is 11.3 Å². The van der Waals surface area contributed by atoms with E-state index in [1.54, 1.807) is 11.3 Å². The summed E-state index contributed by atoms with van der Waals surface area (Å²) in [5.41, 5.74) is 1.78. The highest BCUT2D eigenvalue weighted by molar-refractivity contribution is 7.07. The number of nitrogens with one attached hydrogen (secondary N) is 1. The molecule has 0 bridgehead atoms. The Morgan fingerprint density at radius 1 is 1.44 bits per heavy atom. The van der Waals surface area contributed by atoms with E-state index < -0.39 is 0 Å². The van der Waals surface area contributed by atoms with Crippen molar-refractivity contribution in [2.75, 3.05) is 20.1 Å². The normalized spacial score (nSPS) is 15.3. The second-order valence-corrected chi connectivity index (χ2v) is 6.78. The van der Waals surface area contributed by atoms with Gasteiger partial charge in [-0.25, -0.2) is 0 Å². The maximum Gasteiger partial charge on any atom is 0.0239 e. The van der Waals surface area contributed by atoms with Crippen LogP contribution in [0.4, 0.5) is 0 Å². The predicted octanol–water partition coefficient (Wildman–Crippen LogP) is 3.59. The molecule has 1 rings (SSSR count). The van der Waals surface area contributed by atoms with E-state index in [1.165, 1.54) is 12.0 Å². The molecule has 1 N–H and O–H groups in total. The van der Waals surface area contributed by atoms with Gasteiger partial charge >= 0.3 is 0 Å². The van der Waals surface area contributed by atoms with Gasteiger partial charge in [0.25, 0.3) is 0 Å². The van der Waals surface area contributed by atoms with Crippen LogP contribution in [0.15, 0.2) is 16.8 Å². The number of hydrogen-bond donors (Lipinski definition) is 1. The molecule has 1 heterocycles. The number of nitrogens with zero attached hydrogens (tertiary/aromatic N) is 1. The SMILES string of the molecule is CCC(C)(CNC(C)C)CN(C)Cc1ccsc1. The summed E-state index contributed by atoms with van der Waals surface area (Å²) in [5, 5.41) is 7.97. The average molecular weight is 268 g/mol. The fourth-order valence-electron chi connectivity index (χ4n) is 2.15. The molecule has 0 aromatic carbocycles. The smallest absolute Gasteiger partial charge is 0.0239 e. The number of rotatable bonds is 8. The van der Waals surface area contributed by atoms with Crippen LogP contribution in [0, 0.1) is 5.41 Å². The molecular weight excluding hydrogens is 240 g/mol. The van der Waals surface area contributed by atoms with Crippen LogP contribution in [0.3, 0.4) is 0 Å². The monoisotopic (exact) mass is 268 g/mol. The van der Waals surface area contributed by atoms with E-state index in [1.807, 2.05) is 0 Å². The first-order chi connectivity index (χ1) is 8.45. The van der Waals surface area contributed by atoms with E-state index in [9.17, 15) is 0 Å². The van der Waals surface area contributed by atoms with Crippen molar-refractivity contribution in [2.24, 2.45) is 5.41 Å². The molecule has 0 aliphatic heterocycles. The highest BCUT2D eigenvalue weighted by Gasteiger charge is 2.24. The molecule has 0 fully saturated rings. The lowest BCUT2D eigenvalue weighted by Crippen LogP contribution is -2.42. The second kappa shape index (κ2) is 7.27. The molecule has 0 aliphatic carbocycles. The van der Waals surface area contributed by atoms with Crippen molar-refractivity contribution in [3.05, 3.63) is 22.4 Å². The highest BCUT2D eigenvalue weighted by Crippen LogP contribution is 2.22. The van der Waals surface area contributed by atoms with E-state index in [0.717, 1.165) is 19.6 Å². The van der Waals surface area contributed by atoms with E-state index >= 15 is 0 Å². The minimum absolute atomic E-state index is 0.356. The molecule has 0 spiro atoms.